The third kappa shape index (κ3) is 4.48. The molecule has 0 saturated carbocycles. The van der Waals surface area contributed by atoms with Gasteiger partial charge in [-0.3, -0.25) is 4.79 Å². The van der Waals surface area contributed by atoms with E-state index in [1.165, 1.54) is 0 Å². The third-order valence-electron chi connectivity index (χ3n) is 3.74. The molecule has 25 heavy (non-hydrogen) atoms. The highest BCUT2D eigenvalue weighted by molar-refractivity contribution is 9.10. The summed E-state index contributed by atoms with van der Waals surface area (Å²) in [6, 6.07) is 16.8. The highest BCUT2D eigenvalue weighted by Crippen LogP contribution is 2.20. The summed E-state index contributed by atoms with van der Waals surface area (Å²) in [5.74, 6) is 1.20. The van der Waals surface area contributed by atoms with Crippen molar-refractivity contribution in [2.45, 2.75) is 6.04 Å². The predicted octanol–water partition coefficient (Wildman–Crippen LogP) is 3.47. The molecule has 6 heteroatoms. The van der Waals surface area contributed by atoms with E-state index < -0.39 is 0 Å². The van der Waals surface area contributed by atoms with Gasteiger partial charge in [0, 0.05) is 23.9 Å². The fourth-order valence-electron chi connectivity index (χ4n) is 2.48. The number of aryl methyl sites for hydroxylation is 1. The summed E-state index contributed by atoms with van der Waals surface area (Å²) in [4.78, 5) is 16.8. The van der Waals surface area contributed by atoms with Crippen LogP contribution in [-0.2, 0) is 11.8 Å². The van der Waals surface area contributed by atoms with E-state index in [2.05, 4.69) is 26.2 Å². The minimum absolute atomic E-state index is 0.0601. The number of ether oxygens (including phenoxy) is 1. The lowest BCUT2D eigenvalue weighted by Gasteiger charge is -2.19. The molecule has 3 rings (SSSR count). The zero-order chi connectivity index (χ0) is 17.6. The molecule has 1 unspecified atom stereocenters. The minimum Gasteiger partial charge on any atom is -0.484 e. The Morgan fingerprint density at radius 1 is 1.20 bits per heavy atom. The number of imidazole rings is 1. The van der Waals surface area contributed by atoms with Gasteiger partial charge in [-0.15, -0.1) is 0 Å². The second-order valence-electron chi connectivity index (χ2n) is 5.55. The Labute approximate surface area is 154 Å². The van der Waals surface area contributed by atoms with Gasteiger partial charge in [-0.05, 0) is 29.8 Å². The summed E-state index contributed by atoms with van der Waals surface area (Å²) in [5, 5.41) is 3.00. The third-order valence-corrected chi connectivity index (χ3v) is 4.27. The van der Waals surface area contributed by atoms with Crippen LogP contribution in [0.5, 0.6) is 5.75 Å². The number of carbonyl (C=O) groups excluding carboxylic acids is 1. The molecule has 0 radical (unpaired) electrons. The van der Waals surface area contributed by atoms with Gasteiger partial charge in [0.2, 0.25) is 0 Å². The molecule has 128 valence electrons. The van der Waals surface area contributed by atoms with Crippen molar-refractivity contribution in [2.75, 3.05) is 6.61 Å². The zero-order valence-electron chi connectivity index (χ0n) is 13.7. The summed E-state index contributed by atoms with van der Waals surface area (Å²) in [7, 11) is 1.91. The van der Waals surface area contributed by atoms with E-state index in [9.17, 15) is 4.79 Å². The van der Waals surface area contributed by atoms with Crippen LogP contribution in [0.25, 0.3) is 0 Å². The van der Waals surface area contributed by atoms with Crippen molar-refractivity contribution in [1.82, 2.24) is 14.9 Å². The van der Waals surface area contributed by atoms with Crippen LogP contribution in [-0.4, -0.2) is 22.1 Å². The van der Waals surface area contributed by atoms with Crippen LogP contribution in [0.4, 0.5) is 0 Å². The summed E-state index contributed by atoms with van der Waals surface area (Å²) < 4.78 is 8.40. The van der Waals surface area contributed by atoms with Gasteiger partial charge in [0.05, 0.1) is 0 Å². The van der Waals surface area contributed by atoms with Crippen molar-refractivity contribution in [2.24, 2.45) is 7.05 Å². The van der Waals surface area contributed by atoms with E-state index in [1.807, 2.05) is 72.4 Å². The lowest BCUT2D eigenvalue weighted by Crippen LogP contribution is -2.34. The van der Waals surface area contributed by atoms with Crippen LogP contribution in [0.1, 0.15) is 17.4 Å². The van der Waals surface area contributed by atoms with Crippen molar-refractivity contribution >= 4 is 21.8 Å². The first-order valence-corrected chi connectivity index (χ1v) is 8.62. The van der Waals surface area contributed by atoms with E-state index in [0.29, 0.717) is 5.75 Å². The lowest BCUT2D eigenvalue weighted by atomic mass is 10.1. The molecule has 0 aliphatic rings. The largest absolute Gasteiger partial charge is 0.484 e. The Morgan fingerprint density at radius 2 is 1.92 bits per heavy atom. The molecule has 0 bridgehead atoms. The standard InChI is InChI=1S/C19H18BrN3O2/c1-23-12-11-21-19(23)18(14-5-3-2-4-6-14)22-17(24)13-25-16-9-7-15(20)8-10-16/h2-12,18H,13H2,1H3,(H,22,24). The van der Waals surface area contributed by atoms with Crippen LogP contribution in [0.2, 0.25) is 0 Å². The Bertz CT molecular complexity index is 831. The van der Waals surface area contributed by atoms with Crippen LogP contribution in [0.15, 0.2) is 71.5 Å². The molecule has 0 aliphatic heterocycles. The van der Waals surface area contributed by atoms with Crippen LogP contribution in [0.3, 0.4) is 0 Å². The molecule has 0 spiro atoms. The maximum atomic E-state index is 12.4. The van der Waals surface area contributed by atoms with Crippen molar-refractivity contribution < 1.29 is 9.53 Å². The predicted molar refractivity (Wildman–Crippen MR) is 99.3 cm³/mol. The van der Waals surface area contributed by atoms with Crippen molar-refractivity contribution in [3.63, 3.8) is 0 Å². The van der Waals surface area contributed by atoms with E-state index in [-0.39, 0.29) is 18.6 Å². The molecule has 0 saturated heterocycles. The van der Waals surface area contributed by atoms with E-state index >= 15 is 0 Å². The van der Waals surface area contributed by atoms with Gasteiger partial charge in [0.25, 0.3) is 5.91 Å². The van der Waals surface area contributed by atoms with Crippen molar-refractivity contribution in [3.8, 4) is 5.75 Å². The average Bonchev–Trinajstić information content (AvgIpc) is 3.06. The average molecular weight is 400 g/mol. The minimum atomic E-state index is -0.331. The maximum Gasteiger partial charge on any atom is 0.258 e. The molecule has 1 N–H and O–H groups in total. The van der Waals surface area contributed by atoms with E-state index in [0.717, 1.165) is 15.9 Å². The summed E-state index contributed by atoms with van der Waals surface area (Å²) in [6.07, 6.45) is 3.57. The Morgan fingerprint density at radius 3 is 2.56 bits per heavy atom. The number of rotatable bonds is 6. The number of hydrogen-bond donors (Lipinski definition) is 1. The van der Waals surface area contributed by atoms with Gasteiger partial charge >= 0.3 is 0 Å². The molecule has 1 atom stereocenters. The van der Waals surface area contributed by atoms with Gasteiger partial charge in [-0.25, -0.2) is 4.98 Å². The maximum absolute atomic E-state index is 12.4. The molecule has 0 fully saturated rings. The first kappa shape index (κ1) is 17.2. The molecule has 1 aromatic heterocycles. The van der Waals surface area contributed by atoms with Crippen LogP contribution >= 0.6 is 15.9 Å². The van der Waals surface area contributed by atoms with Gasteiger partial charge < -0.3 is 14.6 Å². The molecule has 3 aromatic rings. The Balaban J connectivity index is 1.71. The quantitative estimate of drug-likeness (QED) is 0.690. The fraction of sp³-hybridized carbons (Fsp3) is 0.158. The van der Waals surface area contributed by atoms with Crippen molar-refractivity contribution in [3.05, 3.63) is 82.9 Å². The number of amides is 1. The Hall–Kier alpha value is -2.60. The van der Waals surface area contributed by atoms with E-state index in [1.54, 1.807) is 6.20 Å². The van der Waals surface area contributed by atoms with Gasteiger partial charge in [-0.1, -0.05) is 46.3 Å². The fourth-order valence-corrected chi connectivity index (χ4v) is 2.74. The van der Waals surface area contributed by atoms with Crippen molar-refractivity contribution in [1.29, 1.82) is 0 Å². The number of nitrogens with one attached hydrogen (secondary N) is 1. The summed E-state index contributed by atoms with van der Waals surface area (Å²) >= 11 is 3.37. The number of nitrogens with zero attached hydrogens (tertiary/aromatic N) is 2. The number of halogens is 1. The first-order valence-electron chi connectivity index (χ1n) is 7.83. The number of benzene rings is 2. The lowest BCUT2D eigenvalue weighted by molar-refractivity contribution is -0.123. The monoisotopic (exact) mass is 399 g/mol. The van der Waals surface area contributed by atoms with E-state index in [4.69, 9.17) is 4.74 Å². The van der Waals surface area contributed by atoms with Gasteiger partial charge in [-0.2, -0.15) is 0 Å². The highest BCUT2D eigenvalue weighted by atomic mass is 79.9. The second kappa shape index (κ2) is 7.98. The molecular weight excluding hydrogens is 382 g/mol. The SMILES string of the molecule is Cn1ccnc1C(NC(=O)COc1ccc(Br)cc1)c1ccccc1. The second-order valence-corrected chi connectivity index (χ2v) is 6.47. The molecule has 1 heterocycles. The molecule has 5 nitrogen and oxygen atoms in total. The normalized spacial score (nSPS) is 11.8. The zero-order valence-corrected chi connectivity index (χ0v) is 15.3. The molecule has 2 aromatic carbocycles. The first-order chi connectivity index (χ1) is 12.1. The van der Waals surface area contributed by atoms with Gasteiger partial charge in [0.1, 0.15) is 17.6 Å². The molecular formula is C19H18BrN3O2. The highest BCUT2D eigenvalue weighted by Gasteiger charge is 2.20. The van der Waals surface area contributed by atoms with Crippen LogP contribution in [0, 0.1) is 0 Å². The smallest absolute Gasteiger partial charge is 0.258 e. The number of carbonyl (C=O) groups is 1. The molecule has 0 aliphatic carbocycles. The topological polar surface area (TPSA) is 56.2 Å². The van der Waals surface area contributed by atoms with Gasteiger partial charge in [0.15, 0.2) is 6.61 Å². The number of hydrogen-bond acceptors (Lipinski definition) is 3. The summed E-state index contributed by atoms with van der Waals surface area (Å²) in [6.45, 7) is -0.0601. The Kier molecular flexibility index (Phi) is 5.50. The number of aromatic nitrogens is 2. The molecule has 1 amide bonds. The summed E-state index contributed by atoms with van der Waals surface area (Å²) in [5.41, 5.74) is 0.966. The van der Waals surface area contributed by atoms with Crippen LogP contribution < -0.4 is 10.1 Å².